The van der Waals surface area contributed by atoms with Gasteiger partial charge in [-0.25, -0.2) is 0 Å². The van der Waals surface area contributed by atoms with E-state index in [1.807, 2.05) is 0 Å². The van der Waals surface area contributed by atoms with Gasteiger partial charge >= 0.3 is 0 Å². The van der Waals surface area contributed by atoms with Crippen LogP contribution in [0.25, 0.3) is 0 Å². The topological polar surface area (TPSA) is 41.1 Å². The molecule has 2 aliphatic rings. The zero-order valence-electron chi connectivity index (χ0n) is 8.18. The van der Waals surface area contributed by atoms with Gasteiger partial charge < -0.3 is 10.6 Å². The van der Waals surface area contributed by atoms with Crippen molar-refractivity contribution in [1.82, 2.24) is 10.6 Å². The molecule has 1 amide bonds. The van der Waals surface area contributed by atoms with Gasteiger partial charge in [-0.05, 0) is 25.2 Å². The molecular formula is C10H18N2O. The lowest BCUT2D eigenvalue weighted by atomic mass is 10.3. The Hall–Kier alpha value is -0.570. The third-order valence-corrected chi connectivity index (χ3v) is 2.91. The fourth-order valence-corrected chi connectivity index (χ4v) is 1.68. The average molecular weight is 182 g/mol. The van der Waals surface area contributed by atoms with Crippen molar-refractivity contribution >= 4 is 5.91 Å². The first-order valence-electron chi connectivity index (χ1n) is 5.32. The summed E-state index contributed by atoms with van der Waals surface area (Å²) in [5.74, 6) is 0.998. The van der Waals surface area contributed by atoms with Crippen LogP contribution < -0.4 is 10.6 Å². The summed E-state index contributed by atoms with van der Waals surface area (Å²) in [6, 6.07) is 1.12. The number of hydrogen-bond acceptors (Lipinski definition) is 2. The maximum Gasteiger partial charge on any atom is 0.234 e. The Morgan fingerprint density at radius 3 is 2.77 bits per heavy atom. The van der Waals surface area contributed by atoms with Crippen molar-refractivity contribution in [2.24, 2.45) is 5.92 Å². The summed E-state index contributed by atoms with van der Waals surface area (Å²) in [5.41, 5.74) is 0. The van der Waals surface area contributed by atoms with Crippen molar-refractivity contribution in [1.29, 1.82) is 0 Å². The highest BCUT2D eigenvalue weighted by atomic mass is 16.2. The van der Waals surface area contributed by atoms with Crippen LogP contribution in [0.3, 0.4) is 0 Å². The standard InChI is InChI=1S/C10H18N2O/c1-2-7-5-9(7)11-6-10(13)12-8-3-4-8/h7-9,11H,2-6H2,1H3,(H,12,13). The lowest BCUT2D eigenvalue weighted by molar-refractivity contribution is -0.120. The summed E-state index contributed by atoms with van der Waals surface area (Å²) in [4.78, 5) is 11.2. The summed E-state index contributed by atoms with van der Waals surface area (Å²) >= 11 is 0. The van der Waals surface area contributed by atoms with Crippen molar-refractivity contribution < 1.29 is 4.79 Å². The molecule has 0 heterocycles. The summed E-state index contributed by atoms with van der Waals surface area (Å²) in [7, 11) is 0. The number of carbonyl (C=O) groups is 1. The van der Waals surface area contributed by atoms with Gasteiger partial charge in [0.1, 0.15) is 0 Å². The Morgan fingerprint density at radius 2 is 2.23 bits per heavy atom. The van der Waals surface area contributed by atoms with Crippen LogP contribution in [-0.2, 0) is 4.79 Å². The van der Waals surface area contributed by atoms with Crippen LogP contribution in [0.2, 0.25) is 0 Å². The van der Waals surface area contributed by atoms with Gasteiger partial charge in [0.15, 0.2) is 0 Å². The van der Waals surface area contributed by atoms with Crippen molar-refractivity contribution in [2.75, 3.05) is 6.54 Å². The Balaban J connectivity index is 1.54. The number of hydrogen-bond donors (Lipinski definition) is 2. The first-order chi connectivity index (χ1) is 6.29. The number of rotatable bonds is 5. The highest BCUT2D eigenvalue weighted by Gasteiger charge is 2.35. The van der Waals surface area contributed by atoms with Gasteiger partial charge in [0, 0.05) is 12.1 Å². The molecular weight excluding hydrogens is 164 g/mol. The summed E-state index contributed by atoms with van der Waals surface area (Å²) < 4.78 is 0. The normalized spacial score (nSPS) is 31.5. The average Bonchev–Trinajstić information content (AvgIpc) is 2.96. The van der Waals surface area contributed by atoms with Crippen molar-refractivity contribution in [2.45, 2.75) is 44.7 Å². The van der Waals surface area contributed by atoms with E-state index in [9.17, 15) is 4.79 Å². The van der Waals surface area contributed by atoms with Gasteiger partial charge in [-0.1, -0.05) is 13.3 Å². The van der Waals surface area contributed by atoms with Crippen LogP contribution in [0.1, 0.15) is 32.6 Å². The molecule has 2 unspecified atom stereocenters. The second-order valence-corrected chi connectivity index (χ2v) is 4.23. The van der Waals surface area contributed by atoms with Gasteiger partial charge in [-0.15, -0.1) is 0 Å². The van der Waals surface area contributed by atoms with E-state index in [0.29, 0.717) is 18.6 Å². The van der Waals surface area contributed by atoms with Crippen LogP contribution in [-0.4, -0.2) is 24.5 Å². The smallest absolute Gasteiger partial charge is 0.234 e. The molecule has 13 heavy (non-hydrogen) atoms. The molecule has 3 heteroatoms. The lowest BCUT2D eigenvalue weighted by Crippen LogP contribution is -2.36. The fraction of sp³-hybridized carbons (Fsp3) is 0.900. The summed E-state index contributed by atoms with van der Waals surface area (Å²) in [6.07, 6.45) is 4.84. The summed E-state index contributed by atoms with van der Waals surface area (Å²) in [5, 5.41) is 6.25. The Kier molecular flexibility index (Phi) is 2.54. The van der Waals surface area contributed by atoms with Crippen molar-refractivity contribution in [3.8, 4) is 0 Å². The molecule has 0 spiro atoms. The SMILES string of the molecule is CCC1CC1NCC(=O)NC1CC1. The van der Waals surface area contributed by atoms with E-state index in [2.05, 4.69) is 17.6 Å². The minimum atomic E-state index is 0.171. The maximum absolute atomic E-state index is 11.2. The van der Waals surface area contributed by atoms with Gasteiger partial charge in [-0.2, -0.15) is 0 Å². The Morgan fingerprint density at radius 1 is 1.46 bits per heavy atom. The van der Waals surface area contributed by atoms with Crippen molar-refractivity contribution in [3.63, 3.8) is 0 Å². The van der Waals surface area contributed by atoms with E-state index in [0.717, 1.165) is 5.92 Å². The highest BCUT2D eigenvalue weighted by molar-refractivity contribution is 5.78. The molecule has 0 aromatic rings. The predicted octanol–water partition coefficient (Wildman–Crippen LogP) is 0.653. The second kappa shape index (κ2) is 3.66. The molecule has 2 N–H and O–H groups in total. The number of nitrogens with one attached hydrogen (secondary N) is 2. The Bertz CT molecular complexity index is 201. The third-order valence-electron chi connectivity index (χ3n) is 2.91. The van der Waals surface area contributed by atoms with E-state index >= 15 is 0 Å². The quantitative estimate of drug-likeness (QED) is 0.655. The van der Waals surface area contributed by atoms with E-state index < -0.39 is 0 Å². The first-order valence-corrected chi connectivity index (χ1v) is 5.32. The van der Waals surface area contributed by atoms with E-state index in [-0.39, 0.29) is 5.91 Å². The molecule has 2 fully saturated rings. The molecule has 0 aromatic carbocycles. The monoisotopic (exact) mass is 182 g/mol. The highest BCUT2D eigenvalue weighted by Crippen LogP contribution is 2.32. The largest absolute Gasteiger partial charge is 0.352 e. The van der Waals surface area contributed by atoms with Crippen LogP contribution in [0.15, 0.2) is 0 Å². The van der Waals surface area contributed by atoms with Crippen LogP contribution >= 0.6 is 0 Å². The van der Waals surface area contributed by atoms with Crippen LogP contribution in [0.4, 0.5) is 0 Å². The van der Waals surface area contributed by atoms with Gasteiger partial charge in [-0.3, -0.25) is 4.79 Å². The molecule has 74 valence electrons. The number of amides is 1. The molecule has 2 rings (SSSR count). The van der Waals surface area contributed by atoms with E-state index in [1.54, 1.807) is 0 Å². The first kappa shape index (κ1) is 9.00. The van der Waals surface area contributed by atoms with Crippen LogP contribution in [0, 0.1) is 5.92 Å². The van der Waals surface area contributed by atoms with Crippen molar-refractivity contribution in [3.05, 3.63) is 0 Å². The predicted molar refractivity (Wildman–Crippen MR) is 51.4 cm³/mol. The van der Waals surface area contributed by atoms with Gasteiger partial charge in [0.25, 0.3) is 0 Å². The zero-order chi connectivity index (χ0) is 9.26. The molecule has 3 nitrogen and oxygen atoms in total. The van der Waals surface area contributed by atoms with E-state index in [4.69, 9.17) is 0 Å². The molecule has 0 aliphatic heterocycles. The molecule has 0 bridgehead atoms. The molecule has 0 aromatic heterocycles. The van der Waals surface area contributed by atoms with Gasteiger partial charge in [0.2, 0.25) is 5.91 Å². The zero-order valence-corrected chi connectivity index (χ0v) is 8.18. The lowest BCUT2D eigenvalue weighted by Gasteiger charge is -2.04. The summed E-state index contributed by atoms with van der Waals surface area (Å²) in [6.45, 7) is 2.72. The van der Waals surface area contributed by atoms with Crippen LogP contribution in [0.5, 0.6) is 0 Å². The van der Waals surface area contributed by atoms with Gasteiger partial charge in [0.05, 0.1) is 6.54 Å². The molecule has 2 saturated carbocycles. The molecule has 0 saturated heterocycles. The molecule has 2 aliphatic carbocycles. The minimum Gasteiger partial charge on any atom is -0.352 e. The maximum atomic E-state index is 11.2. The minimum absolute atomic E-state index is 0.171. The second-order valence-electron chi connectivity index (χ2n) is 4.23. The van der Waals surface area contributed by atoms with E-state index in [1.165, 1.54) is 25.7 Å². The fourth-order valence-electron chi connectivity index (χ4n) is 1.68. The molecule has 0 radical (unpaired) electrons. The Labute approximate surface area is 79.3 Å². The molecule has 2 atom stereocenters. The number of carbonyl (C=O) groups excluding carboxylic acids is 1. The third kappa shape index (κ3) is 2.69.